The van der Waals surface area contributed by atoms with Crippen LogP contribution in [0.25, 0.3) is 0 Å². The summed E-state index contributed by atoms with van der Waals surface area (Å²) in [5.41, 5.74) is 0. The maximum Gasteiger partial charge on any atom is 0.260 e. The van der Waals surface area contributed by atoms with Gasteiger partial charge in [0.05, 0.1) is 6.54 Å². The van der Waals surface area contributed by atoms with Crippen molar-refractivity contribution in [3.8, 4) is 0 Å². The van der Waals surface area contributed by atoms with Crippen LogP contribution < -0.4 is 5.32 Å². The Morgan fingerprint density at radius 2 is 2.33 bits per heavy atom. The zero-order chi connectivity index (χ0) is 9.03. The third-order valence-electron chi connectivity index (χ3n) is 2.05. The molecule has 1 N–H and O–H groups in total. The average molecular weight is 195 g/mol. The molecule has 0 spiro atoms. The van der Waals surface area contributed by atoms with E-state index in [1.54, 1.807) is 18.8 Å². The van der Waals surface area contributed by atoms with E-state index in [0.717, 1.165) is 17.9 Å². The summed E-state index contributed by atoms with van der Waals surface area (Å²) in [5, 5.41) is 2.53. The monoisotopic (exact) mass is 195 g/mol. The Morgan fingerprint density at radius 1 is 1.58 bits per heavy atom. The van der Waals surface area contributed by atoms with Crippen molar-refractivity contribution in [3.63, 3.8) is 0 Å². The molecule has 1 atom stereocenters. The van der Waals surface area contributed by atoms with Crippen molar-refractivity contribution >= 4 is 11.8 Å². The van der Waals surface area contributed by atoms with E-state index < -0.39 is 5.92 Å². The van der Waals surface area contributed by atoms with Crippen LogP contribution in [-0.4, -0.2) is 31.0 Å². The fourth-order valence-electron chi connectivity index (χ4n) is 1.50. The van der Waals surface area contributed by atoms with Crippen LogP contribution in [0.1, 0.15) is 12.8 Å². The molecule has 0 amide bonds. The Hall–Kier alpha value is 0.170. The van der Waals surface area contributed by atoms with E-state index in [-0.39, 0.29) is 18.9 Å². The van der Waals surface area contributed by atoms with E-state index in [1.807, 2.05) is 0 Å². The van der Waals surface area contributed by atoms with Crippen LogP contribution in [0.2, 0.25) is 0 Å². The molecule has 1 aliphatic rings. The van der Waals surface area contributed by atoms with Gasteiger partial charge in [-0.05, 0) is 30.9 Å². The summed E-state index contributed by atoms with van der Waals surface area (Å²) < 4.78 is 26.0. The summed E-state index contributed by atoms with van der Waals surface area (Å²) >= 11 is 1.79. The van der Waals surface area contributed by atoms with Gasteiger partial charge in [-0.3, -0.25) is 0 Å². The van der Waals surface area contributed by atoms with E-state index in [4.69, 9.17) is 0 Å². The molecule has 72 valence electrons. The van der Waals surface area contributed by atoms with E-state index in [1.165, 1.54) is 0 Å². The van der Waals surface area contributed by atoms with Gasteiger partial charge < -0.3 is 5.32 Å². The zero-order valence-corrected chi connectivity index (χ0v) is 8.09. The highest BCUT2D eigenvalue weighted by Gasteiger charge is 2.32. The predicted octanol–water partition coefficient (Wildman–Crippen LogP) is 1.98. The second-order valence-corrected chi connectivity index (χ2v) is 4.47. The highest BCUT2D eigenvalue weighted by molar-refractivity contribution is 7.99. The minimum absolute atomic E-state index is 0.0564. The molecule has 0 bridgehead atoms. The first-order valence-electron chi connectivity index (χ1n) is 4.24. The predicted molar refractivity (Wildman–Crippen MR) is 48.9 cm³/mol. The minimum Gasteiger partial charge on any atom is -0.314 e. The van der Waals surface area contributed by atoms with Crippen LogP contribution in [-0.2, 0) is 0 Å². The molecule has 0 aromatic heterocycles. The first kappa shape index (κ1) is 10.3. The molecular formula is C8H15F2NS. The fraction of sp³-hybridized carbons (Fsp3) is 1.00. The lowest BCUT2D eigenvalue weighted by molar-refractivity contribution is -0.0170. The summed E-state index contributed by atoms with van der Waals surface area (Å²) in [6.07, 6.45) is 1.02. The van der Waals surface area contributed by atoms with Crippen molar-refractivity contribution in [1.29, 1.82) is 0 Å². The Morgan fingerprint density at radius 3 is 2.83 bits per heavy atom. The topological polar surface area (TPSA) is 12.0 Å². The smallest absolute Gasteiger partial charge is 0.260 e. The minimum atomic E-state index is -2.51. The molecule has 1 unspecified atom stereocenters. The summed E-state index contributed by atoms with van der Waals surface area (Å²) in [6.45, 7) is -0.186. The highest BCUT2D eigenvalue weighted by Crippen LogP contribution is 2.32. The van der Waals surface area contributed by atoms with Crippen molar-refractivity contribution in [2.45, 2.75) is 18.8 Å². The standard InChI is InChI=1S/C8H15F2NS/c1-11-6-8(9,10)4-7-2-3-12-5-7/h7,11H,2-6H2,1H3. The van der Waals surface area contributed by atoms with Crippen LogP contribution >= 0.6 is 11.8 Å². The number of rotatable bonds is 4. The summed E-state index contributed by atoms with van der Waals surface area (Å²) in [4.78, 5) is 0. The molecule has 4 heteroatoms. The first-order chi connectivity index (χ1) is 5.64. The number of hydrogen-bond acceptors (Lipinski definition) is 2. The molecule has 0 radical (unpaired) electrons. The van der Waals surface area contributed by atoms with Gasteiger partial charge >= 0.3 is 0 Å². The lowest BCUT2D eigenvalue weighted by Crippen LogP contribution is -2.32. The Kier molecular flexibility index (Phi) is 3.77. The van der Waals surface area contributed by atoms with Crippen LogP contribution in [0.4, 0.5) is 8.78 Å². The number of nitrogens with one attached hydrogen (secondary N) is 1. The van der Waals surface area contributed by atoms with Gasteiger partial charge in [-0.15, -0.1) is 0 Å². The molecule has 1 fully saturated rings. The number of thioether (sulfide) groups is 1. The van der Waals surface area contributed by atoms with Crippen molar-refractivity contribution in [2.75, 3.05) is 25.1 Å². The van der Waals surface area contributed by atoms with Gasteiger partial charge in [-0.1, -0.05) is 0 Å². The number of hydrogen-bond donors (Lipinski definition) is 1. The van der Waals surface area contributed by atoms with Crippen molar-refractivity contribution in [1.82, 2.24) is 5.32 Å². The molecule has 1 rings (SSSR count). The average Bonchev–Trinajstić information content (AvgIpc) is 2.38. The Bertz CT molecular complexity index is 135. The van der Waals surface area contributed by atoms with E-state index in [2.05, 4.69) is 5.32 Å². The molecule has 0 aliphatic carbocycles. The van der Waals surface area contributed by atoms with Gasteiger partial charge in [0, 0.05) is 6.42 Å². The van der Waals surface area contributed by atoms with Gasteiger partial charge in [0.25, 0.3) is 5.92 Å². The van der Waals surface area contributed by atoms with Gasteiger partial charge in [0.2, 0.25) is 0 Å². The van der Waals surface area contributed by atoms with Gasteiger partial charge in [-0.2, -0.15) is 11.8 Å². The summed E-state index contributed by atoms with van der Waals surface area (Å²) in [7, 11) is 1.57. The van der Waals surface area contributed by atoms with Gasteiger partial charge in [-0.25, -0.2) is 8.78 Å². The SMILES string of the molecule is CNCC(F)(F)CC1CCSC1. The molecule has 0 saturated carbocycles. The van der Waals surface area contributed by atoms with Crippen molar-refractivity contribution < 1.29 is 8.78 Å². The second-order valence-electron chi connectivity index (χ2n) is 3.32. The van der Waals surface area contributed by atoms with Gasteiger partial charge in [0.1, 0.15) is 0 Å². The second kappa shape index (κ2) is 4.42. The van der Waals surface area contributed by atoms with Crippen LogP contribution in [0.15, 0.2) is 0 Å². The van der Waals surface area contributed by atoms with Crippen molar-refractivity contribution in [2.24, 2.45) is 5.92 Å². The van der Waals surface area contributed by atoms with Crippen LogP contribution in [0, 0.1) is 5.92 Å². The molecule has 1 aliphatic heterocycles. The Balaban J connectivity index is 2.27. The molecular weight excluding hydrogens is 180 g/mol. The zero-order valence-electron chi connectivity index (χ0n) is 7.28. The largest absolute Gasteiger partial charge is 0.314 e. The Labute approximate surface area is 76.3 Å². The first-order valence-corrected chi connectivity index (χ1v) is 5.40. The van der Waals surface area contributed by atoms with Gasteiger partial charge in [0.15, 0.2) is 0 Å². The fourth-order valence-corrected chi connectivity index (χ4v) is 2.78. The van der Waals surface area contributed by atoms with Crippen LogP contribution in [0.5, 0.6) is 0 Å². The molecule has 0 aromatic carbocycles. The van der Waals surface area contributed by atoms with E-state index in [0.29, 0.717) is 0 Å². The molecule has 0 aromatic rings. The quantitative estimate of drug-likeness (QED) is 0.736. The number of alkyl halides is 2. The summed E-state index contributed by atoms with van der Waals surface area (Å²) in [5.74, 6) is -0.303. The molecule has 1 nitrogen and oxygen atoms in total. The van der Waals surface area contributed by atoms with Crippen LogP contribution in [0.3, 0.4) is 0 Å². The van der Waals surface area contributed by atoms with E-state index in [9.17, 15) is 8.78 Å². The number of halogens is 2. The lowest BCUT2D eigenvalue weighted by Gasteiger charge is -2.18. The molecule has 12 heavy (non-hydrogen) atoms. The maximum absolute atomic E-state index is 13.0. The molecule has 1 saturated heterocycles. The summed E-state index contributed by atoms with van der Waals surface area (Å²) in [6, 6.07) is 0. The maximum atomic E-state index is 13.0. The third-order valence-corrected chi connectivity index (χ3v) is 3.28. The third kappa shape index (κ3) is 3.27. The normalized spacial score (nSPS) is 24.8. The highest BCUT2D eigenvalue weighted by atomic mass is 32.2. The van der Waals surface area contributed by atoms with E-state index >= 15 is 0 Å². The lowest BCUT2D eigenvalue weighted by atomic mass is 10.0. The molecule has 1 heterocycles. The van der Waals surface area contributed by atoms with Crippen molar-refractivity contribution in [3.05, 3.63) is 0 Å².